The first kappa shape index (κ1) is 16.4. The van der Waals surface area contributed by atoms with Crippen molar-refractivity contribution in [3.05, 3.63) is 35.7 Å². The van der Waals surface area contributed by atoms with Crippen molar-refractivity contribution < 1.29 is 9.53 Å². The summed E-state index contributed by atoms with van der Waals surface area (Å²) in [5.41, 5.74) is 1.03. The molecule has 2 aromatic rings. The van der Waals surface area contributed by atoms with Crippen molar-refractivity contribution in [2.75, 3.05) is 20.2 Å². The Labute approximate surface area is 141 Å². The van der Waals surface area contributed by atoms with E-state index < -0.39 is 6.04 Å². The average Bonchev–Trinajstić information content (AvgIpc) is 3.06. The van der Waals surface area contributed by atoms with Crippen molar-refractivity contribution in [1.82, 2.24) is 25.1 Å². The van der Waals surface area contributed by atoms with Crippen LogP contribution in [0.2, 0.25) is 0 Å². The first-order chi connectivity index (χ1) is 11.7. The zero-order valence-electron chi connectivity index (χ0n) is 14.2. The molecule has 0 bridgehead atoms. The van der Waals surface area contributed by atoms with Gasteiger partial charge < -0.3 is 9.64 Å². The molecule has 1 aromatic carbocycles. The van der Waals surface area contributed by atoms with Gasteiger partial charge in [0.05, 0.1) is 7.11 Å². The molecule has 0 aliphatic carbocycles. The summed E-state index contributed by atoms with van der Waals surface area (Å²) in [4.78, 5) is 15.0. The fourth-order valence-electron chi connectivity index (χ4n) is 3.15. The van der Waals surface area contributed by atoms with Gasteiger partial charge in [0, 0.05) is 19.5 Å². The predicted molar refractivity (Wildman–Crippen MR) is 88.7 cm³/mol. The van der Waals surface area contributed by atoms with E-state index in [9.17, 15) is 4.79 Å². The summed E-state index contributed by atoms with van der Waals surface area (Å²) in [6, 6.07) is 7.36. The number of ether oxygens (including phenoxy) is 1. The second kappa shape index (κ2) is 7.42. The first-order valence-electron chi connectivity index (χ1n) is 8.35. The van der Waals surface area contributed by atoms with Gasteiger partial charge in [-0.05, 0) is 54.3 Å². The van der Waals surface area contributed by atoms with Crippen LogP contribution in [0, 0.1) is 6.92 Å². The molecule has 128 valence electrons. The van der Waals surface area contributed by atoms with Crippen LogP contribution in [0.5, 0.6) is 5.75 Å². The van der Waals surface area contributed by atoms with Crippen LogP contribution in [0.15, 0.2) is 24.3 Å². The van der Waals surface area contributed by atoms with Gasteiger partial charge in [-0.1, -0.05) is 12.1 Å². The number of carbonyl (C=O) groups excluding carboxylic acids is 1. The van der Waals surface area contributed by atoms with E-state index in [1.54, 1.807) is 11.8 Å². The van der Waals surface area contributed by atoms with Crippen LogP contribution < -0.4 is 4.74 Å². The van der Waals surface area contributed by atoms with E-state index in [1.807, 2.05) is 36.1 Å². The van der Waals surface area contributed by atoms with E-state index in [0.29, 0.717) is 12.2 Å². The molecule has 1 saturated heterocycles. The third-order valence-electron chi connectivity index (χ3n) is 4.47. The lowest BCUT2D eigenvalue weighted by atomic mass is 10.0. The van der Waals surface area contributed by atoms with E-state index in [2.05, 4.69) is 15.5 Å². The molecule has 3 rings (SSSR count). The van der Waals surface area contributed by atoms with Gasteiger partial charge >= 0.3 is 0 Å². The van der Waals surface area contributed by atoms with Gasteiger partial charge in [0.2, 0.25) is 5.91 Å². The quantitative estimate of drug-likeness (QED) is 0.836. The normalized spacial score (nSPS) is 16.0. The predicted octanol–water partition coefficient (Wildman–Crippen LogP) is 1.79. The van der Waals surface area contributed by atoms with Gasteiger partial charge in [0.25, 0.3) is 0 Å². The maximum atomic E-state index is 13.1. The number of rotatable bonds is 5. The summed E-state index contributed by atoms with van der Waals surface area (Å²) >= 11 is 0. The van der Waals surface area contributed by atoms with Crippen molar-refractivity contribution in [2.45, 2.75) is 38.6 Å². The van der Waals surface area contributed by atoms with Crippen LogP contribution in [-0.4, -0.2) is 51.2 Å². The summed E-state index contributed by atoms with van der Waals surface area (Å²) in [6.45, 7) is 3.45. The number of amides is 1. The molecule has 2 heterocycles. The van der Waals surface area contributed by atoms with Crippen LogP contribution in [0.4, 0.5) is 0 Å². The molecule has 1 fully saturated rings. The highest BCUT2D eigenvalue weighted by Crippen LogP contribution is 2.22. The molecule has 24 heavy (non-hydrogen) atoms. The van der Waals surface area contributed by atoms with Gasteiger partial charge in [0.15, 0.2) is 0 Å². The Balaban J connectivity index is 1.87. The molecule has 7 nitrogen and oxygen atoms in total. The molecule has 1 aliphatic rings. The largest absolute Gasteiger partial charge is 0.497 e. The Bertz CT molecular complexity index is 694. The Morgan fingerprint density at radius 2 is 2.08 bits per heavy atom. The van der Waals surface area contributed by atoms with Gasteiger partial charge in [0.1, 0.15) is 17.6 Å². The summed E-state index contributed by atoms with van der Waals surface area (Å²) < 4.78 is 6.92. The fraction of sp³-hybridized carbons (Fsp3) is 0.529. The van der Waals surface area contributed by atoms with Crippen LogP contribution in [0.1, 0.15) is 36.7 Å². The molecule has 0 spiro atoms. The first-order valence-corrected chi connectivity index (χ1v) is 8.35. The standard InChI is InChI=1S/C17H23N5O2/c1-13-18-19-20-22(13)16(17(23)21-9-4-3-5-10-21)12-14-7-6-8-15(11-14)24-2/h6-8,11,16H,3-5,9-10,12H2,1-2H3/t16-/m1/s1. The van der Waals surface area contributed by atoms with Crippen LogP contribution >= 0.6 is 0 Å². The number of nitrogens with zero attached hydrogens (tertiary/aromatic N) is 5. The van der Waals surface area contributed by atoms with Gasteiger partial charge in [-0.2, -0.15) is 0 Å². The molecule has 1 amide bonds. The second-order valence-corrected chi connectivity index (χ2v) is 6.13. The minimum Gasteiger partial charge on any atom is -0.497 e. The van der Waals surface area contributed by atoms with E-state index >= 15 is 0 Å². The van der Waals surface area contributed by atoms with Crippen molar-refractivity contribution in [3.8, 4) is 5.75 Å². The zero-order chi connectivity index (χ0) is 16.9. The number of benzene rings is 1. The molecule has 0 unspecified atom stereocenters. The van der Waals surface area contributed by atoms with Crippen molar-refractivity contribution in [3.63, 3.8) is 0 Å². The molecule has 0 saturated carbocycles. The molecule has 1 aliphatic heterocycles. The number of methoxy groups -OCH3 is 1. The lowest BCUT2D eigenvalue weighted by molar-refractivity contribution is -0.136. The summed E-state index contributed by atoms with van der Waals surface area (Å²) in [6.07, 6.45) is 3.85. The van der Waals surface area contributed by atoms with E-state index in [4.69, 9.17) is 4.74 Å². The lowest BCUT2D eigenvalue weighted by Crippen LogP contribution is -2.41. The number of aryl methyl sites for hydroxylation is 1. The third-order valence-corrected chi connectivity index (χ3v) is 4.47. The van der Waals surface area contributed by atoms with E-state index in [-0.39, 0.29) is 5.91 Å². The van der Waals surface area contributed by atoms with Gasteiger partial charge in [-0.25, -0.2) is 4.68 Å². The topological polar surface area (TPSA) is 73.1 Å². The molecule has 1 aromatic heterocycles. The summed E-state index contributed by atoms with van der Waals surface area (Å²) in [5.74, 6) is 1.52. The monoisotopic (exact) mass is 329 g/mol. The lowest BCUT2D eigenvalue weighted by Gasteiger charge is -2.30. The number of hydrogen-bond donors (Lipinski definition) is 0. The van der Waals surface area contributed by atoms with Crippen molar-refractivity contribution in [2.24, 2.45) is 0 Å². The summed E-state index contributed by atoms with van der Waals surface area (Å²) in [5, 5.41) is 11.7. The molecular weight excluding hydrogens is 306 g/mol. The molecular formula is C17H23N5O2. The molecule has 0 N–H and O–H groups in total. The number of carbonyl (C=O) groups is 1. The third kappa shape index (κ3) is 3.55. The Morgan fingerprint density at radius 1 is 1.29 bits per heavy atom. The smallest absolute Gasteiger partial charge is 0.247 e. The van der Waals surface area contributed by atoms with Crippen molar-refractivity contribution in [1.29, 1.82) is 0 Å². The number of tetrazole rings is 1. The highest BCUT2D eigenvalue weighted by molar-refractivity contribution is 5.80. The Hall–Kier alpha value is -2.44. The van der Waals surface area contributed by atoms with Crippen LogP contribution in [0.25, 0.3) is 0 Å². The SMILES string of the molecule is COc1cccc(C[C@H](C(=O)N2CCCCC2)n2nnnc2C)c1. The second-order valence-electron chi connectivity index (χ2n) is 6.13. The van der Waals surface area contributed by atoms with Crippen molar-refractivity contribution >= 4 is 5.91 Å². The minimum atomic E-state index is -0.426. The number of likely N-dealkylation sites (tertiary alicyclic amines) is 1. The fourth-order valence-corrected chi connectivity index (χ4v) is 3.15. The van der Waals surface area contributed by atoms with Gasteiger partial charge in [-0.15, -0.1) is 5.10 Å². The molecule has 1 atom stereocenters. The van der Waals surface area contributed by atoms with Crippen LogP contribution in [-0.2, 0) is 11.2 Å². The highest BCUT2D eigenvalue weighted by Gasteiger charge is 2.29. The zero-order valence-corrected chi connectivity index (χ0v) is 14.2. The minimum absolute atomic E-state index is 0.0907. The number of hydrogen-bond acceptors (Lipinski definition) is 5. The maximum absolute atomic E-state index is 13.1. The maximum Gasteiger partial charge on any atom is 0.247 e. The Kier molecular flexibility index (Phi) is 5.08. The average molecular weight is 329 g/mol. The van der Waals surface area contributed by atoms with E-state index in [1.165, 1.54) is 6.42 Å². The number of aromatic nitrogens is 4. The highest BCUT2D eigenvalue weighted by atomic mass is 16.5. The number of piperidine rings is 1. The molecule has 7 heteroatoms. The Morgan fingerprint density at radius 3 is 2.75 bits per heavy atom. The van der Waals surface area contributed by atoms with Crippen LogP contribution in [0.3, 0.4) is 0 Å². The van der Waals surface area contributed by atoms with E-state index in [0.717, 1.165) is 37.2 Å². The van der Waals surface area contributed by atoms with Gasteiger partial charge in [-0.3, -0.25) is 4.79 Å². The molecule has 0 radical (unpaired) electrons. The summed E-state index contributed by atoms with van der Waals surface area (Å²) in [7, 11) is 1.64.